The van der Waals surface area contributed by atoms with Gasteiger partial charge in [0, 0.05) is 13.1 Å². The summed E-state index contributed by atoms with van der Waals surface area (Å²) < 4.78 is 5.12. The topological polar surface area (TPSA) is 77.7 Å². The van der Waals surface area contributed by atoms with E-state index >= 15 is 0 Å². The van der Waals surface area contributed by atoms with Crippen molar-refractivity contribution in [1.29, 1.82) is 5.26 Å². The molecular weight excluding hydrogens is 324 g/mol. The summed E-state index contributed by atoms with van der Waals surface area (Å²) in [6, 6.07) is 7.86. The summed E-state index contributed by atoms with van der Waals surface area (Å²) in [7, 11) is 0. The lowest BCUT2D eigenvalue weighted by Crippen LogP contribution is -2.37. The van der Waals surface area contributed by atoms with Crippen LogP contribution in [0.25, 0.3) is 0 Å². The van der Waals surface area contributed by atoms with Crippen LogP contribution in [0.15, 0.2) is 29.3 Å². The fourth-order valence-corrected chi connectivity index (χ4v) is 3.06. The highest BCUT2D eigenvalue weighted by Crippen LogP contribution is 2.32. The predicted molar refractivity (Wildman–Crippen MR) is 97.4 cm³/mol. The summed E-state index contributed by atoms with van der Waals surface area (Å²) in [5, 5.41) is 11.9. The maximum Gasteiger partial charge on any atom is 0.309 e. The zero-order valence-corrected chi connectivity index (χ0v) is 14.8. The molecule has 2 rings (SSSR count). The Kier molecular flexibility index (Phi) is 6.94. The summed E-state index contributed by atoms with van der Waals surface area (Å²) in [5.41, 5.74) is 1.84. The molecule has 1 N–H and O–H groups in total. The zero-order valence-electron chi connectivity index (χ0n) is 14.0. The number of ether oxygens (including phenoxy) is 1. The molecule has 0 amide bonds. The fraction of sp³-hybridized carbons (Fsp3) is 0.471. The maximum absolute atomic E-state index is 11.9. The van der Waals surface area contributed by atoms with Crippen LogP contribution in [-0.4, -0.2) is 37.1 Å². The Balaban J connectivity index is 2.11. The van der Waals surface area contributed by atoms with Gasteiger partial charge in [0.25, 0.3) is 0 Å². The van der Waals surface area contributed by atoms with Crippen LogP contribution in [0.5, 0.6) is 0 Å². The van der Waals surface area contributed by atoms with Crippen molar-refractivity contribution in [2.75, 3.05) is 30.9 Å². The number of esters is 1. The molecule has 1 fully saturated rings. The van der Waals surface area contributed by atoms with E-state index in [0.29, 0.717) is 11.8 Å². The molecule has 0 atom stereocenters. The van der Waals surface area contributed by atoms with Crippen molar-refractivity contribution in [3.05, 3.63) is 24.3 Å². The van der Waals surface area contributed by atoms with E-state index < -0.39 is 0 Å². The van der Waals surface area contributed by atoms with E-state index in [4.69, 9.17) is 10.00 Å². The van der Waals surface area contributed by atoms with Gasteiger partial charge in [0.15, 0.2) is 11.4 Å². The first kappa shape index (κ1) is 18.1. The van der Waals surface area contributed by atoms with Gasteiger partial charge in [-0.1, -0.05) is 23.9 Å². The Labute approximate surface area is 146 Å². The van der Waals surface area contributed by atoms with Crippen LogP contribution >= 0.6 is 11.8 Å². The van der Waals surface area contributed by atoms with Crippen LogP contribution in [0.2, 0.25) is 0 Å². The first-order valence-electron chi connectivity index (χ1n) is 7.98. The lowest BCUT2D eigenvalue weighted by atomic mass is 9.96. The molecule has 6 nitrogen and oxygen atoms in total. The summed E-state index contributed by atoms with van der Waals surface area (Å²) in [4.78, 5) is 18.6. The van der Waals surface area contributed by atoms with Gasteiger partial charge < -0.3 is 9.64 Å². The first-order valence-corrected chi connectivity index (χ1v) is 9.20. The molecule has 24 heavy (non-hydrogen) atoms. The van der Waals surface area contributed by atoms with E-state index in [1.807, 2.05) is 43.6 Å². The number of aliphatic imine (C=N–C) groups is 1. The molecule has 1 aliphatic heterocycles. The molecule has 1 aromatic rings. The average Bonchev–Trinajstić information content (AvgIpc) is 2.62. The van der Waals surface area contributed by atoms with Crippen molar-refractivity contribution in [2.24, 2.45) is 10.9 Å². The van der Waals surface area contributed by atoms with Gasteiger partial charge >= 0.3 is 5.97 Å². The van der Waals surface area contributed by atoms with Crippen LogP contribution in [0, 0.1) is 17.4 Å². The molecule has 0 radical (unpaired) electrons. The van der Waals surface area contributed by atoms with Gasteiger partial charge in [-0.3, -0.25) is 10.1 Å². The van der Waals surface area contributed by atoms with Crippen LogP contribution in [0.3, 0.4) is 0 Å². The Bertz CT molecular complexity index is 634. The number of anilines is 1. The maximum atomic E-state index is 11.9. The number of benzene rings is 1. The quantitative estimate of drug-likeness (QED) is 0.297. The number of hydrogen-bond donors (Lipinski definition) is 1. The highest BCUT2D eigenvalue weighted by atomic mass is 32.2. The summed E-state index contributed by atoms with van der Waals surface area (Å²) in [5.74, 6) is -0.106. The molecule has 0 bridgehead atoms. The second-order valence-electron chi connectivity index (χ2n) is 5.36. The third kappa shape index (κ3) is 4.65. The number of para-hydroxylation sites is 2. The van der Waals surface area contributed by atoms with Crippen molar-refractivity contribution in [3.63, 3.8) is 0 Å². The van der Waals surface area contributed by atoms with Crippen molar-refractivity contribution in [3.8, 4) is 6.19 Å². The number of nitrogens with zero attached hydrogens (tertiary/aromatic N) is 3. The smallest absolute Gasteiger partial charge is 0.309 e. The number of carbonyl (C=O) groups excluding carboxylic acids is 1. The van der Waals surface area contributed by atoms with Crippen LogP contribution in [0.4, 0.5) is 11.4 Å². The molecule has 1 heterocycles. The van der Waals surface area contributed by atoms with Gasteiger partial charge in [0.2, 0.25) is 0 Å². The van der Waals surface area contributed by atoms with E-state index in [2.05, 4.69) is 15.2 Å². The average molecular weight is 346 g/mol. The van der Waals surface area contributed by atoms with Crippen LogP contribution in [0.1, 0.15) is 19.8 Å². The Morgan fingerprint density at radius 1 is 1.46 bits per heavy atom. The molecule has 128 valence electrons. The second kappa shape index (κ2) is 9.18. The summed E-state index contributed by atoms with van der Waals surface area (Å²) in [6.45, 7) is 3.84. The van der Waals surface area contributed by atoms with E-state index in [0.717, 1.165) is 37.3 Å². The number of hydrogen-bond acceptors (Lipinski definition) is 6. The van der Waals surface area contributed by atoms with Gasteiger partial charge in [0.1, 0.15) is 0 Å². The number of piperidine rings is 1. The van der Waals surface area contributed by atoms with Crippen molar-refractivity contribution < 1.29 is 9.53 Å². The number of thioether (sulfide) groups is 1. The number of nitrogens with one attached hydrogen (secondary N) is 1. The molecule has 0 spiro atoms. The highest BCUT2D eigenvalue weighted by molar-refractivity contribution is 8.13. The van der Waals surface area contributed by atoms with Crippen LogP contribution < -0.4 is 10.2 Å². The summed E-state index contributed by atoms with van der Waals surface area (Å²) in [6.07, 6.45) is 5.33. The van der Waals surface area contributed by atoms with E-state index in [1.54, 1.807) is 0 Å². The number of amidine groups is 1. The van der Waals surface area contributed by atoms with Gasteiger partial charge in [-0.2, -0.15) is 5.26 Å². The molecular formula is C17H22N4O2S. The Morgan fingerprint density at radius 3 is 2.79 bits per heavy atom. The molecule has 1 saturated heterocycles. The van der Waals surface area contributed by atoms with E-state index in [1.165, 1.54) is 11.8 Å². The Morgan fingerprint density at radius 2 is 2.17 bits per heavy atom. The van der Waals surface area contributed by atoms with Gasteiger partial charge in [-0.25, -0.2) is 4.99 Å². The van der Waals surface area contributed by atoms with Crippen molar-refractivity contribution in [2.45, 2.75) is 19.8 Å². The van der Waals surface area contributed by atoms with Crippen LogP contribution in [-0.2, 0) is 9.53 Å². The van der Waals surface area contributed by atoms with Crippen molar-refractivity contribution >= 4 is 34.3 Å². The van der Waals surface area contributed by atoms with Crippen molar-refractivity contribution in [1.82, 2.24) is 5.32 Å². The monoisotopic (exact) mass is 346 g/mol. The highest BCUT2D eigenvalue weighted by Gasteiger charge is 2.26. The number of carbonyl (C=O) groups is 1. The molecule has 1 aromatic carbocycles. The SMILES string of the molecule is CCOC(=O)C1CCN(c2ccccc2N=C(NC#N)SC)CC1. The van der Waals surface area contributed by atoms with Gasteiger partial charge in [-0.15, -0.1) is 0 Å². The molecule has 1 aliphatic rings. The fourth-order valence-electron chi connectivity index (χ4n) is 2.72. The minimum Gasteiger partial charge on any atom is -0.466 e. The predicted octanol–water partition coefficient (Wildman–Crippen LogP) is 2.89. The lowest BCUT2D eigenvalue weighted by molar-refractivity contribution is -0.148. The van der Waals surface area contributed by atoms with E-state index in [-0.39, 0.29) is 11.9 Å². The molecule has 7 heteroatoms. The number of rotatable bonds is 4. The normalized spacial score (nSPS) is 15.7. The largest absolute Gasteiger partial charge is 0.466 e. The molecule has 0 unspecified atom stereocenters. The van der Waals surface area contributed by atoms with Gasteiger partial charge in [0.05, 0.1) is 23.9 Å². The zero-order chi connectivity index (χ0) is 17.4. The standard InChI is InChI=1S/C17H22N4O2S/c1-3-23-16(22)13-8-10-21(11-9-13)15-7-5-4-6-14(15)20-17(24-2)19-12-18/h4-7,13H,3,8-11H2,1-2H3,(H,19,20). The Hall–Kier alpha value is -2.20. The molecule has 0 saturated carbocycles. The molecule has 0 aliphatic carbocycles. The minimum atomic E-state index is -0.0913. The van der Waals surface area contributed by atoms with E-state index in [9.17, 15) is 4.79 Å². The minimum absolute atomic E-state index is 0.0149. The summed E-state index contributed by atoms with van der Waals surface area (Å²) >= 11 is 1.39. The van der Waals surface area contributed by atoms with Gasteiger partial charge in [-0.05, 0) is 38.2 Å². The molecule has 0 aromatic heterocycles. The third-order valence-corrected chi connectivity index (χ3v) is 4.50. The second-order valence-corrected chi connectivity index (χ2v) is 6.15. The lowest BCUT2D eigenvalue weighted by Gasteiger charge is -2.33. The first-order chi connectivity index (χ1) is 11.7. The number of nitriles is 1. The third-order valence-electron chi connectivity index (χ3n) is 3.92.